The number of hydrogen-bond donors (Lipinski definition) is 2. The minimum Gasteiger partial charge on any atom is -0.394 e. The van der Waals surface area contributed by atoms with Crippen molar-refractivity contribution in [3.05, 3.63) is 35.4 Å². The Morgan fingerprint density at radius 2 is 1.81 bits per heavy atom. The van der Waals surface area contributed by atoms with E-state index in [1.54, 1.807) is 12.1 Å². The summed E-state index contributed by atoms with van der Waals surface area (Å²) in [6.45, 7) is 8.41. The van der Waals surface area contributed by atoms with Gasteiger partial charge in [0, 0.05) is 5.56 Å². The SMILES string of the molecule is CCC(CC)(CO)NC(=O)c1ccc(COC(C)C)cc1. The van der Waals surface area contributed by atoms with E-state index in [1.807, 2.05) is 39.8 Å². The van der Waals surface area contributed by atoms with E-state index in [1.165, 1.54) is 0 Å². The average Bonchev–Trinajstić information content (AvgIpc) is 2.51. The number of amides is 1. The molecule has 1 rings (SSSR count). The Morgan fingerprint density at radius 3 is 2.24 bits per heavy atom. The average molecular weight is 293 g/mol. The molecule has 4 nitrogen and oxygen atoms in total. The number of ether oxygens (including phenoxy) is 1. The first-order valence-electron chi connectivity index (χ1n) is 7.60. The van der Waals surface area contributed by atoms with Crippen molar-refractivity contribution in [2.45, 2.75) is 58.8 Å². The first kappa shape index (κ1) is 17.7. The van der Waals surface area contributed by atoms with Gasteiger partial charge in [0.25, 0.3) is 5.91 Å². The molecule has 4 heteroatoms. The highest BCUT2D eigenvalue weighted by Crippen LogP contribution is 2.16. The van der Waals surface area contributed by atoms with Crippen LogP contribution in [-0.2, 0) is 11.3 Å². The Hall–Kier alpha value is -1.39. The van der Waals surface area contributed by atoms with Gasteiger partial charge in [-0.3, -0.25) is 4.79 Å². The van der Waals surface area contributed by atoms with Crippen LogP contribution in [0, 0.1) is 0 Å². The van der Waals surface area contributed by atoms with E-state index in [-0.39, 0.29) is 18.6 Å². The highest BCUT2D eigenvalue weighted by atomic mass is 16.5. The first-order chi connectivity index (χ1) is 9.96. The molecule has 1 aromatic rings. The predicted molar refractivity (Wildman–Crippen MR) is 84.2 cm³/mol. The van der Waals surface area contributed by atoms with Crippen molar-refractivity contribution in [1.29, 1.82) is 0 Å². The molecule has 1 amide bonds. The molecule has 118 valence electrons. The quantitative estimate of drug-likeness (QED) is 0.775. The number of nitrogens with one attached hydrogen (secondary N) is 1. The maximum atomic E-state index is 12.3. The van der Waals surface area contributed by atoms with Gasteiger partial charge >= 0.3 is 0 Å². The van der Waals surface area contributed by atoms with Crippen LogP contribution >= 0.6 is 0 Å². The molecule has 0 aliphatic rings. The van der Waals surface area contributed by atoms with Gasteiger partial charge in [0.2, 0.25) is 0 Å². The summed E-state index contributed by atoms with van der Waals surface area (Å²) in [5, 5.41) is 12.5. The molecule has 0 bridgehead atoms. The number of aliphatic hydroxyl groups is 1. The number of rotatable bonds is 8. The van der Waals surface area contributed by atoms with Crippen molar-refractivity contribution in [1.82, 2.24) is 5.32 Å². The molecule has 0 saturated heterocycles. The van der Waals surface area contributed by atoms with E-state index in [4.69, 9.17) is 4.74 Å². The fraction of sp³-hybridized carbons (Fsp3) is 0.588. The van der Waals surface area contributed by atoms with Crippen molar-refractivity contribution in [3.8, 4) is 0 Å². The Bertz CT molecular complexity index is 428. The molecular formula is C17H27NO3. The van der Waals surface area contributed by atoms with Gasteiger partial charge in [-0.05, 0) is 44.4 Å². The summed E-state index contributed by atoms with van der Waals surface area (Å²) in [6, 6.07) is 7.38. The maximum Gasteiger partial charge on any atom is 0.251 e. The minimum atomic E-state index is -0.531. The number of carbonyl (C=O) groups excluding carboxylic acids is 1. The highest BCUT2D eigenvalue weighted by molar-refractivity contribution is 5.94. The van der Waals surface area contributed by atoms with Crippen molar-refractivity contribution < 1.29 is 14.6 Å². The van der Waals surface area contributed by atoms with E-state index in [0.717, 1.165) is 5.56 Å². The van der Waals surface area contributed by atoms with Gasteiger partial charge in [0.05, 0.1) is 24.9 Å². The third-order valence-electron chi connectivity index (χ3n) is 3.83. The summed E-state index contributed by atoms with van der Waals surface area (Å²) in [7, 11) is 0. The molecule has 0 saturated carbocycles. The molecule has 21 heavy (non-hydrogen) atoms. The van der Waals surface area contributed by atoms with Crippen molar-refractivity contribution in [2.75, 3.05) is 6.61 Å². The molecule has 0 fully saturated rings. The molecule has 2 N–H and O–H groups in total. The lowest BCUT2D eigenvalue weighted by Gasteiger charge is -2.30. The van der Waals surface area contributed by atoms with Crippen molar-refractivity contribution in [3.63, 3.8) is 0 Å². The van der Waals surface area contributed by atoms with Crippen LogP contribution in [0.5, 0.6) is 0 Å². The van der Waals surface area contributed by atoms with Gasteiger partial charge in [-0.25, -0.2) is 0 Å². The summed E-state index contributed by atoms with van der Waals surface area (Å²) < 4.78 is 5.53. The van der Waals surface area contributed by atoms with Crippen LogP contribution in [0.3, 0.4) is 0 Å². The molecule has 0 radical (unpaired) electrons. The Labute approximate surface area is 127 Å². The minimum absolute atomic E-state index is 0.0496. The standard InChI is InChI=1S/C17H27NO3/c1-5-17(6-2,12-19)18-16(20)15-9-7-14(8-10-15)11-21-13(3)4/h7-10,13,19H,5-6,11-12H2,1-4H3,(H,18,20). The van der Waals surface area contributed by atoms with Crippen LogP contribution in [0.4, 0.5) is 0 Å². The van der Waals surface area contributed by atoms with Crippen LogP contribution in [0.15, 0.2) is 24.3 Å². The Balaban J connectivity index is 2.70. The second-order valence-corrected chi connectivity index (χ2v) is 5.66. The molecular weight excluding hydrogens is 266 g/mol. The topological polar surface area (TPSA) is 58.6 Å². The van der Waals surface area contributed by atoms with Gasteiger partial charge in [-0.15, -0.1) is 0 Å². The largest absolute Gasteiger partial charge is 0.394 e. The lowest BCUT2D eigenvalue weighted by atomic mass is 9.93. The fourth-order valence-electron chi connectivity index (χ4n) is 2.02. The Kier molecular flexibility index (Phi) is 6.85. The summed E-state index contributed by atoms with van der Waals surface area (Å²) in [4.78, 5) is 12.3. The number of benzene rings is 1. The van der Waals surface area contributed by atoms with Gasteiger partial charge in [0.15, 0.2) is 0 Å². The van der Waals surface area contributed by atoms with E-state index in [9.17, 15) is 9.90 Å². The normalized spacial score (nSPS) is 11.7. The Morgan fingerprint density at radius 1 is 1.24 bits per heavy atom. The van der Waals surface area contributed by atoms with Gasteiger partial charge in [-0.1, -0.05) is 26.0 Å². The molecule has 0 aliphatic heterocycles. The van der Waals surface area contributed by atoms with E-state index in [0.29, 0.717) is 25.0 Å². The third kappa shape index (κ3) is 5.14. The van der Waals surface area contributed by atoms with Crippen LogP contribution in [-0.4, -0.2) is 29.3 Å². The second-order valence-electron chi connectivity index (χ2n) is 5.66. The van der Waals surface area contributed by atoms with Crippen molar-refractivity contribution in [2.24, 2.45) is 0 Å². The fourth-order valence-corrected chi connectivity index (χ4v) is 2.02. The lowest BCUT2D eigenvalue weighted by Crippen LogP contribution is -2.50. The smallest absolute Gasteiger partial charge is 0.251 e. The number of carbonyl (C=O) groups is 1. The van der Waals surface area contributed by atoms with E-state index < -0.39 is 5.54 Å². The lowest BCUT2D eigenvalue weighted by molar-refractivity contribution is 0.0656. The monoisotopic (exact) mass is 293 g/mol. The maximum absolute atomic E-state index is 12.3. The van der Waals surface area contributed by atoms with Gasteiger partial charge < -0.3 is 15.2 Å². The second kappa shape index (κ2) is 8.15. The first-order valence-corrected chi connectivity index (χ1v) is 7.60. The van der Waals surface area contributed by atoms with Gasteiger partial charge in [-0.2, -0.15) is 0 Å². The summed E-state index contributed by atoms with van der Waals surface area (Å²) >= 11 is 0. The molecule has 1 aromatic carbocycles. The zero-order chi connectivity index (χ0) is 15.9. The number of aliphatic hydroxyl groups excluding tert-OH is 1. The molecule has 0 unspecified atom stereocenters. The highest BCUT2D eigenvalue weighted by Gasteiger charge is 2.27. The van der Waals surface area contributed by atoms with Crippen LogP contribution < -0.4 is 5.32 Å². The molecule has 0 atom stereocenters. The molecule has 0 heterocycles. The third-order valence-corrected chi connectivity index (χ3v) is 3.83. The summed E-state index contributed by atoms with van der Waals surface area (Å²) in [5.41, 5.74) is 1.11. The molecule has 0 aliphatic carbocycles. The van der Waals surface area contributed by atoms with Crippen LogP contribution in [0.2, 0.25) is 0 Å². The van der Waals surface area contributed by atoms with Crippen molar-refractivity contribution >= 4 is 5.91 Å². The van der Waals surface area contributed by atoms with Crippen LogP contribution in [0.1, 0.15) is 56.5 Å². The van der Waals surface area contributed by atoms with Gasteiger partial charge in [0.1, 0.15) is 0 Å². The summed E-state index contributed by atoms with van der Waals surface area (Å²) in [6.07, 6.45) is 1.59. The zero-order valence-electron chi connectivity index (χ0n) is 13.5. The zero-order valence-corrected chi connectivity index (χ0v) is 13.5. The number of hydrogen-bond acceptors (Lipinski definition) is 3. The summed E-state index contributed by atoms with van der Waals surface area (Å²) in [5.74, 6) is -0.149. The molecule has 0 spiro atoms. The van der Waals surface area contributed by atoms with E-state index >= 15 is 0 Å². The van der Waals surface area contributed by atoms with E-state index in [2.05, 4.69) is 5.32 Å². The van der Waals surface area contributed by atoms with Crippen LogP contribution in [0.25, 0.3) is 0 Å². The molecule has 0 aromatic heterocycles. The predicted octanol–water partition coefficient (Wildman–Crippen LogP) is 2.89.